The van der Waals surface area contributed by atoms with Gasteiger partial charge in [0.2, 0.25) is 11.9 Å². The molecule has 2 aromatic rings. The Morgan fingerprint density at radius 3 is 2.48 bits per heavy atom. The van der Waals surface area contributed by atoms with Gasteiger partial charge in [-0.05, 0) is 82.4 Å². The first-order valence-corrected chi connectivity index (χ1v) is 16.9. The lowest BCUT2D eigenvalue weighted by molar-refractivity contribution is -0.137. The smallest absolute Gasteiger partial charge is 0.369 e. The molecule has 1 aromatic carbocycles. The van der Waals surface area contributed by atoms with Gasteiger partial charge in [-0.15, -0.1) is 0 Å². The van der Waals surface area contributed by atoms with Crippen molar-refractivity contribution < 1.29 is 18.0 Å². The number of aromatic nitrogens is 2. The number of allylic oxidation sites excluding steroid dienone is 1. The zero-order chi connectivity index (χ0) is 32.7. The number of carbonyl (C=O) groups excluding carboxylic acids is 1. The molecule has 0 radical (unpaired) electrons. The van der Waals surface area contributed by atoms with Crippen LogP contribution in [0.3, 0.4) is 0 Å². The van der Waals surface area contributed by atoms with Gasteiger partial charge in [0.25, 0.3) is 0 Å². The second kappa shape index (κ2) is 15.5. The lowest BCUT2D eigenvalue weighted by Gasteiger charge is -2.43. The fraction of sp³-hybridized carbons (Fsp3) is 0.618. The quantitative estimate of drug-likeness (QED) is 0.241. The van der Waals surface area contributed by atoms with Crippen LogP contribution < -0.4 is 15.5 Å². The van der Waals surface area contributed by atoms with Crippen LogP contribution in [0.2, 0.25) is 0 Å². The summed E-state index contributed by atoms with van der Waals surface area (Å²) in [5.41, 5.74) is 2.07. The van der Waals surface area contributed by atoms with E-state index in [4.69, 9.17) is 0 Å². The number of nitrogens with one attached hydrogen (secondary N) is 2. The van der Waals surface area contributed by atoms with Gasteiger partial charge < -0.3 is 25.3 Å². The van der Waals surface area contributed by atoms with Crippen LogP contribution in [0.25, 0.3) is 0 Å². The number of piperidine rings is 1. The minimum atomic E-state index is -4.60. The number of aryl methyl sites for hydroxylation is 1. The first-order chi connectivity index (χ1) is 22.2. The average molecular weight is 643 g/mol. The molecule has 252 valence electrons. The summed E-state index contributed by atoms with van der Waals surface area (Å²) < 4.78 is 41.6. The lowest BCUT2D eigenvalue weighted by Crippen LogP contribution is -2.53. The van der Waals surface area contributed by atoms with Gasteiger partial charge in [-0.3, -0.25) is 9.69 Å². The van der Waals surface area contributed by atoms with E-state index in [1.165, 1.54) is 12.8 Å². The second-order valence-electron chi connectivity index (χ2n) is 12.7. The molecule has 46 heavy (non-hydrogen) atoms. The van der Waals surface area contributed by atoms with Crippen molar-refractivity contribution in [3.8, 4) is 0 Å². The number of piperazine rings is 1. The minimum absolute atomic E-state index is 0.0414. The highest BCUT2D eigenvalue weighted by molar-refractivity contribution is 5.79. The van der Waals surface area contributed by atoms with Crippen molar-refractivity contribution in [2.75, 3.05) is 81.5 Å². The fourth-order valence-corrected chi connectivity index (χ4v) is 6.73. The Labute approximate surface area is 271 Å². The van der Waals surface area contributed by atoms with Crippen LogP contribution in [-0.2, 0) is 17.4 Å². The largest absolute Gasteiger partial charge is 0.421 e. The highest BCUT2D eigenvalue weighted by Crippen LogP contribution is 2.35. The van der Waals surface area contributed by atoms with Crippen LogP contribution in [0.4, 0.5) is 36.3 Å². The normalized spacial score (nSPS) is 20.7. The maximum atomic E-state index is 13.9. The lowest BCUT2D eigenvalue weighted by atomic mass is 10.0. The monoisotopic (exact) mass is 642 g/mol. The van der Waals surface area contributed by atoms with E-state index in [2.05, 4.69) is 61.4 Å². The average Bonchev–Trinajstić information content (AvgIpc) is 3.23. The molecule has 0 saturated carbocycles. The molecule has 4 heterocycles. The van der Waals surface area contributed by atoms with E-state index in [1.807, 2.05) is 25.1 Å². The Morgan fingerprint density at radius 2 is 1.78 bits per heavy atom. The molecule has 3 aliphatic rings. The fourth-order valence-electron chi connectivity index (χ4n) is 6.73. The van der Waals surface area contributed by atoms with Crippen molar-refractivity contribution in [1.82, 2.24) is 24.7 Å². The summed E-state index contributed by atoms with van der Waals surface area (Å²) in [6.07, 6.45) is 5.45. The summed E-state index contributed by atoms with van der Waals surface area (Å²) in [7, 11) is 2.20. The molecule has 1 unspecified atom stereocenters. The van der Waals surface area contributed by atoms with Gasteiger partial charge in [-0.1, -0.05) is 26.0 Å². The molecule has 1 atom stereocenters. The van der Waals surface area contributed by atoms with Crippen LogP contribution in [-0.4, -0.2) is 103 Å². The third-order valence-electron chi connectivity index (χ3n) is 9.66. The third kappa shape index (κ3) is 8.50. The maximum Gasteiger partial charge on any atom is 0.421 e. The number of rotatable bonds is 11. The summed E-state index contributed by atoms with van der Waals surface area (Å²) in [6.45, 7) is 11.7. The molecule has 3 aliphatic heterocycles. The summed E-state index contributed by atoms with van der Waals surface area (Å²) in [5.74, 6) is -0.107. The number of benzene rings is 1. The molecule has 0 bridgehead atoms. The van der Waals surface area contributed by atoms with Crippen molar-refractivity contribution >= 4 is 29.0 Å². The van der Waals surface area contributed by atoms with E-state index in [0.29, 0.717) is 25.6 Å². The minimum Gasteiger partial charge on any atom is -0.369 e. The predicted octanol–water partition coefficient (Wildman–Crippen LogP) is 5.63. The number of likely N-dealkylation sites (tertiary alicyclic amines) is 1. The topological polar surface area (TPSA) is 79.9 Å². The highest BCUT2D eigenvalue weighted by Gasteiger charge is 2.35. The first-order valence-electron chi connectivity index (χ1n) is 16.9. The highest BCUT2D eigenvalue weighted by atomic mass is 19.4. The van der Waals surface area contributed by atoms with Crippen molar-refractivity contribution in [2.24, 2.45) is 5.92 Å². The van der Waals surface area contributed by atoms with Crippen LogP contribution in [0, 0.1) is 5.92 Å². The standard InChI is InChI=1S/C34H49F3N8O/c1-4-25-9-6-7-15-45(32(25)46)16-8-14-38-31-29(34(35,36)37)24-39-33(41-31)40-30-11-10-28(23-26(30)5-2)44-21-19-43(20-22-44)27-12-17-42(3)18-13-27/h6-7,10-11,23-25,27H,4-5,8-9,12-22H2,1-3H3,(H2,38,39,40,41). The Morgan fingerprint density at radius 1 is 1.02 bits per heavy atom. The number of amides is 1. The number of hydrogen-bond acceptors (Lipinski definition) is 8. The third-order valence-corrected chi connectivity index (χ3v) is 9.66. The van der Waals surface area contributed by atoms with E-state index in [-0.39, 0.29) is 30.1 Å². The van der Waals surface area contributed by atoms with Gasteiger partial charge in [-0.25, -0.2) is 4.98 Å². The molecule has 1 amide bonds. The van der Waals surface area contributed by atoms with Crippen molar-refractivity contribution in [2.45, 2.75) is 64.6 Å². The molecule has 0 aliphatic carbocycles. The van der Waals surface area contributed by atoms with Gasteiger partial charge in [0.15, 0.2) is 0 Å². The number of anilines is 4. The van der Waals surface area contributed by atoms with E-state index in [0.717, 1.165) is 81.7 Å². The second-order valence-corrected chi connectivity index (χ2v) is 12.7. The number of hydrogen-bond donors (Lipinski definition) is 2. The van der Waals surface area contributed by atoms with Gasteiger partial charge in [0.05, 0.1) is 0 Å². The number of halogens is 3. The van der Waals surface area contributed by atoms with E-state index in [9.17, 15) is 18.0 Å². The zero-order valence-electron chi connectivity index (χ0n) is 27.5. The summed E-state index contributed by atoms with van der Waals surface area (Å²) in [4.78, 5) is 30.3. The summed E-state index contributed by atoms with van der Waals surface area (Å²) in [5, 5.41) is 6.04. The van der Waals surface area contributed by atoms with Gasteiger partial charge in [-0.2, -0.15) is 18.2 Å². The summed E-state index contributed by atoms with van der Waals surface area (Å²) >= 11 is 0. The van der Waals surface area contributed by atoms with Crippen LogP contribution >= 0.6 is 0 Å². The Hall–Kier alpha value is -3.38. The van der Waals surface area contributed by atoms with Gasteiger partial charge in [0.1, 0.15) is 11.4 Å². The molecule has 2 saturated heterocycles. The zero-order valence-corrected chi connectivity index (χ0v) is 27.5. The van der Waals surface area contributed by atoms with Crippen molar-refractivity contribution in [1.29, 1.82) is 0 Å². The van der Waals surface area contributed by atoms with Crippen molar-refractivity contribution in [3.05, 3.63) is 47.7 Å². The maximum absolute atomic E-state index is 13.9. The predicted molar refractivity (Wildman–Crippen MR) is 178 cm³/mol. The molecule has 12 heteroatoms. The van der Waals surface area contributed by atoms with Gasteiger partial charge >= 0.3 is 6.18 Å². The van der Waals surface area contributed by atoms with Crippen LogP contribution in [0.15, 0.2) is 36.5 Å². The molecule has 1 aromatic heterocycles. The molecule has 5 rings (SSSR count). The number of nitrogens with zero attached hydrogens (tertiary/aromatic N) is 6. The summed E-state index contributed by atoms with van der Waals surface area (Å²) in [6, 6.07) is 6.88. The van der Waals surface area contributed by atoms with Crippen molar-refractivity contribution in [3.63, 3.8) is 0 Å². The first kappa shape index (κ1) is 34.0. The Balaban J connectivity index is 1.21. The molecular formula is C34H49F3N8O. The number of carbonyl (C=O) groups is 1. The van der Waals surface area contributed by atoms with Crippen LogP contribution in [0.1, 0.15) is 57.1 Å². The Bertz CT molecular complexity index is 1340. The number of alkyl halides is 3. The molecular weight excluding hydrogens is 593 g/mol. The van der Waals surface area contributed by atoms with E-state index in [1.54, 1.807) is 4.90 Å². The molecule has 0 spiro atoms. The SMILES string of the molecule is CCc1cc(N2CCN(C3CCN(C)CC3)CC2)ccc1Nc1ncc(C(F)(F)F)c(NCCCN2CC=CCC(CC)C2=O)n1. The van der Waals surface area contributed by atoms with Gasteiger partial charge in [0, 0.05) is 75.3 Å². The van der Waals surface area contributed by atoms with Crippen LogP contribution in [0.5, 0.6) is 0 Å². The van der Waals surface area contributed by atoms with E-state index >= 15 is 0 Å². The molecule has 2 N–H and O–H groups in total. The Kier molecular flexibility index (Phi) is 11.4. The molecule has 2 fully saturated rings. The van der Waals surface area contributed by atoms with E-state index < -0.39 is 11.7 Å². The molecule has 9 nitrogen and oxygen atoms in total.